The minimum atomic E-state index is 0.0171. The quantitative estimate of drug-likeness (QED) is 0.893. The molecular weight excluding hydrogens is 250 g/mol. The first-order chi connectivity index (χ1) is 8.42. The molecule has 2 N–H and O–H groups in total. The zero-order valence-corrected chi connectivity index (χ0v) is 12.5. The Morgan fingerprint density at radius 2 is 1.83 bits per heavy atom. The molecule has 0 amide bonds. The van der Waals surface area contributed by atoms with E-state index in [0.717, 1.165) is 16.1 Å². The first-order valence-electron chi connectivity index (χ1n) is 6.11. The van der Waals surface area contributed by atoms with Crippen molar-refractivity contribution in [3.8, 4) is 11.5 Å². The number of nitrogens with two attached hydrogens (primary N) is 1. The van der Waals surface area contributed by atoms with Crippen LogP contribution in [0.4, 0.5) is 0 Å². The summed E-state index contributed by atoms with van der Waals surface area (Å²) in [7, 11) is 3.25. The Labute approximate surface area is 114 Å². The first kappa shape index (κ1) is 15.1. The molecule has 4 heteroatoms. The lowest BCUT2D eigenvalue weighted by Crippen LogP contribution is -2.19. The molecule has 0 spiro atoms. The van der Waals surface area contributed by atoms with Gasteiger partial charge in [-0.2, -0.15) is 0 Å². The Balaban J connectivity index is 3.46. The average Bonchev–Trinajstić information content (AvgIpc) is 2.30. The second-order valence-corrected chi connectivity index (χ2v) is 5.21. The van der Waals surface area contributed by atoms with Crippen LogP contribution in [0.5, 0.6) is 11.5 Å². The summed E-state index contributed by atoms with van der Waals surface area (Å²) >= 11 is 6.47. The second-order valence-electron chi connectivity index (χ2n) is 4.83. The Morgan fingerprint density at radius 1 is 1.22 bits per heavy atom. The van der Waals surface area contributed by atoms with Crippen LogP contribution in [0.25, 0.3) is 0 Å². The molecule has 1 rings (SSSR count). The van der Waals surface area contributed by atoms with E-state index in [4.69, 9.17) is 26.8 Å². The number of ether oxygens (including phenoxy) is 2. The van der Waals surface area contributed by atoms with Crippen molar-refractivity contribution in [1.29, 1.82) is 0 Å². The number of hydrogen-bond acceptors (Lipinski definition) is 3. The number of rotatable bonds is 5. The van der Waals surface area contributed by atoms with Gasteiger partial charge in [-0.3, -0.25) is 0 Å². The van der Waals surface area contributed by atoms with Crippen LogP contribution in [-0.4, -0.2) is 20.3 Å². The zero-order valence-electron chi connectivity index (χ0n) is 11.7. The maximum atomic E-state index is 6.47. The van der Waals surface area contributed by atoms with Crippen molar-refractivity contribution in [2.45, 2.75) is 39.2 Å². The molecule has 0 aliphatic rings. The molecule has 1 aromatic rings. The molecule has 1 unspecified atom stereocenters. The summed E-state index contributed by atoms with van der Waals surface area (Å²) in [4.78, 5) is 0. The van der Waals surface area contributed by atoms with Crippen LogP contribution in [0.2, 0.25) is 5.02 Å². The molecule has 0 fully saturated rings. The van der Waals surface area contributed by atoms with Crippen molar-refractivity contribution in [2.24, 2.45) is 5.73 Å². The highest BCUT2D eigenvalue weighted by Crippen LogP contribution is 2.41. The fraction of sp³-hybridized carbons (Fsp3) is 0.571. The molecule has 0 saturated carbocycles. The highest BCUT2D eigenvalue weighted by atomic mass is 35.5. The fourth-order valence-electron chi connectivity index (χ4n) is 1.99. The van der Waals surface area contributed by atoms with Gasteiger partial charge in [-0.05, 0) is 30.9 Å². The zero-order chi connectivity index (χ0) is 13.9. The Morgan fingerprint density at radius 3 is 2.22 bits per heavy atom. The van der Waals surface area contributed by atoms with Gasteiger partial charge >= 0.3 is 0 Å². The molecule has 102 valence electrons. The molecule has 0 aliphatic heterocycles. The van der Waals surface area contributed by atoms with Crippen molar-refractivity contribution in [2.75, 3.05) is 14.2 Å². The molecule has 0 bridgehead atoms. The Bertz CT molecular complexity index is 417. The summed E-state index contributed by atoms with van der Waals surface area (Å²) in [5.41, 5.74) is 7.87. The van der Waals surface area contributed by atoms with E-state index in [-0.39, 0.29) is 6.04 Å². The fourth-order valence-corrected chi connectivity index (χ4v) is 2.43. The normalized spacial score (nSPS) is 12.7. The van der Waals surface area contributed by atoms with E-state index in [1.807, 2.05) is 13.0 Å². The first-order valence-corrected chi connectivity index (χ1v) is 6.48. The maximum absolute atomic E-state index is 6.47. The highest BCUT2D eigenvalue weighted by molar-refractivity contribution is 6.32. The predicted octanol–water partition coefficient (Wildman–Crippen LogP) is 3.37. The molecule has 1 atom stereocenters. The number of benzene rings is 1. The topological polar surface area (TPSA) is 44.5 Å². The van der Waals surface area contributed by atoms with Crippen molar-refractivity contribution >= 4 is 11.6 Å². The van der Waals surface area contributed by atoms with Gasteiger partial charge in [0.1, 0.15) is 0 Å². The van der Waals surface area contributed by atoms with Crippen molar-refractivity contribution < 1.29 is 9.47 Å². The van der Waals surface area contributed by atoms with E-state index in [0.29, 0.717) is 23.8 Å². The van der Waals surface area contributed by atoms with Gasteiger partial charge in [0.15, 0.2) is 11.5 Å². The molecule has 1 aromatic carbocycles. The maximum Gasteiger partial charge on any atom is 0.165 e. The third-order valence-electron chi connectivity index (χ3n) is 2.88. The van der Waals surface area contributed by atoms with Crippen LogP contribution in [0.1, 0.15) is 37.8 Å². The molecule has 0 heterocycles. The summed E-state index contributed by atoms with van der Waals surface area (Å²) in [6.07, 6.45) is 0.666. The monoisotopic (exact) mass is 271 g/mol. The summed E-state index contributed by atoms with van der Waals surface area (Å²) in [6.45, 7) is 6.15. The van der Waals surface area contributed by atoms with Gasteiger partial charge in [-0.25, -0.2) is 0 Å². The van der Waals surface area contributed by atoms with Gasteiger partial charge in [-0.1, -0.05) is 25.4 Å². The Hall–Kier alpha value is -0.930. The number of hydrogen-bond donors (Lipinski definition) is 1. The summed E-state index contributed by atoms with van der Waals surface area (Å²) < 4.78 is 10.8. The van der Waals surface area contributed by atoms with E-state index < -0.39 is 0 Å². The smallest absolute Gasteiger partial charge is 0.165 e. The summed E-state index contributed by atoms with van der Waals surface area (Å²) in [6, 6.07) is 1.96. The molecule has 0 aliphatic carbocycles. The van der Waals surface area contributed by atoms with Crippen LogP contribution < -0.4 is 15.2 Å². The minimum absolute atomic E-state index is 0.0171. The minimum Gasteiger partial charge on any atom is -0.493 e. The van der Waals surface area contributed by atoms with Gasteiger partial charge in [0, 0.05) is 11.6 Å². The van der Waals surface area contributed by atoms with Crippen molar-refractivity contribution in [1.82, 2.24) is 0 Å². The lowest BCUT2D eigenvalue weighted by molar-refractivity contribution is 0.350. The number of halogens is 1. The molecule has 0 radical (unpaired) electrons. The third kappa shape index (κ3) is 3.09. The van der Waals surface area contributed by atoms with Gasteiger partial charge in [0.05, 0.1) is 19.2 Å². The van der Waals surface area contributed by atoms with E-state index in [2.05, 4.69) is 13.8 Å². The van der Waals surface area contributed by atoms with Crippen LogP contribution in [0.3, 0.4) is 0 Å². The van der Waals surface area contributed by atoms with E-state index in [9.17, 15) is 0 Å². The SMILES string of the molecule is COc1cc(C(C)C)c(Cl)c(CC(C)N)c1OC. The lowest BCUT2D eigenvalue weighted by atomic mass is 9.96. The van der Waals surface area contributed by atoms with Gasteiger partial charge in [-0.15, -0.1) is 0 Å². The molecular formula is C14H22ClNO2. The van der Waals surface area contributed by atoms with Gasteiger partial charge in [0.2, 0.25) is 0 Å². The summed E-state index contributed by atoms with van der Waals surface area (Å²) in [5.74, 6) is 1.72. The third-order valence-corrected chi connectivity index (χ3v) is 3.32. The standard InChI is InChI=1S/C14H22ClNO2/c1-8(2)10-7-12(17-4)14(18-5)11(13(10)15)6-9(3)16/h7-9H,6,16H2,1-5H3. The largest absolute Gasteiger partial charge is 0.493 e. The molecule has 3 nitrogen and oxygen atoms in total. The van der Waals surface area contributed by atoms with Crippen LogP contribution in [-0.2, 0) is 6.42 Å². The van der Waals surface area contributed by atoms with E-state index in [1.165, 1.54) is 0 Å². The van der Waals surface area contributed by atoms with Crippen LogP contribution >= 0.6 is 11.6 Å². The van der Waals surface area contributed by atoms with E-state index >= 15 is 0 Å². The van der Waals surface area contributed by atoms with Gasteiger partial charge < -0.3 is 15.2 Å². The van der Waals surface area contributed by atoms with Crippen LogP contribution in [0, 0.1) is 0 Å². The molecule has 0 saturated heterocycles. The van der Waals surface area contributed by atoms with Crippen LogP contribution in [0.15, 0.2) is 6.07 Å². The molecule has 18 heavy (non-hydrogen) atoms. The molecule has 0 aromatic heterocycles. The van der Waals surface area contributed by atoms with Crippen molar-refractivity contribution in [3.63, 3.8) is 0 Å². The Kier molecular flexibility index (Phi) is 5.29. The second kappa shape index (κ2) is 6.30. The highest BCUT2D eigenvalue weighted by Gasteiger charge is 2.20. The van der Waals surface area contributed by atoms with E-state index in [1.54, 1.807) is 14.2 Å². The average molecular weight is 272 g/mol. The van der Waals surface area contributed by atoms with Gasteiger partial charge in [0.25, 0.3) is 0 Å². The summed E-state index contributed by atoms with van der Waals surface area (Å²) in [5, 5.41) is 0.736. The van der Waals surface area contributed by atoms with Crippen molar-refractivity contribution in [3.05, 3.63) is 22.2 Å². The predicted molar refractivity (Wildman–Crippen MR) is 76.0 cm³/mol. The number of methoxy groups -OCH3 is 2. The lowest BCUT2D eigenvalue weighted by Gasteiger charge is -2.20.